The maximum atomic E-state index is 12.3. The Morgan fingerprint density at radius 1 is 1.00 bits per heavy atom. The van der Waals surface area contributed by atoms with Gasteiger partial charge < -0.3 is 10.1 Å². The quantitative estimate of drug-likeness (QED) is 0.467. The van der Waals surface area contributed by atoms with Gasteiger partial charge in [-0.15, -0.1) is 0 Å². The maximum absolute atomic E-state index is 12.3. The van der Waals surface area contributed by atoms with Crippen LogP contribution < -0.4 is 10.1 Å². The lowest BCUT2D eigenvalue weighted by molar-refractivity contribution is -0.116. The van der Waals surface area contributed by atoms with Gasteiger partial charge in [0.2, 0.25) is 5.91 Å². The fraction of sp³-hybridized carbons (Fsp3) is 0.370. The molecule has 0 spiro atoms. The van der Waals surface area contributed by atoms with Crippen LogP contribution in [0.2, 0.25) is 0 Å². The molecular weight excluding hydrogens is 384 g/mol. The first kappa shape index (κ1) is 21.4. The summed E-state index contributed by atoms with van der Waals surface area (Å²) in [5.41, 5.74) is 2.16. The van der Waals surface area contributed by atoms with Crippen LogP contribution in [0.3, 0.4) is 0 Å². The number of carbonyl (C=O) groups excluding carboxylic acids is 1. The third kappa shape index (κ3) is 6.31. The summed E-state index contributed by atoms with van der Waals surface area (Å²) in [6, 6.07) is 22.6. The normalized spacial score (nSPS) is 15.1. The summed E-state index contributed by atoms with van der Waals surface area (Å²) in [5, 5.41) is 5.36. The molecule has 0 unspecified atom stereocenters. The number of amides is 1. The summed E-state index contributed by atoms with van der Waals surface area (Å²) in [6.07, 6.45) is 3.71. The molecule has 0 atom stereocenters. The van der Waals surface area contributed by atoms with Crippen molar-refractivity contribution in [3.8, 4) is 5.75 Å². The fourth-order valence-electron chi connectivity index (χ4n) is 4.08. The van der Waals surface area contributed by atoms with Crippen molar-refractivity contribution >= 4 is 22.4 Å². The number of ether oxygens (including phenoxy) is 1. The van der Waals surface area contributed by atoms with Crippen LogP contribution in [0.4, 0.5) is 5.69 Å². The van der Waals surface area contributed by atoms with Gasteiger partial charge in [0.25, 0.3) is 0 Å². The van der Waals surface area contributed by atoms with Crippen LogP contribution >= 0.6 is 0 Å². The van der Waals surface area contributed by atoms with Crippen molar-refractivity contribution in [2.75, 3.05) is 25.0 Å². The first-order valence-corrected chi connectivity index (χ1v) is 11.4. The van der Waals surface area contributed by atoms with Crippen molar-refractivity contribution in [1.29, 1.82) is 0 Å². The number of nitrogens with one attached hydrogen (secondary N) is 1. The second-order valence-electron chi connectivity index (χ2n) is 8.66. The van der Waals surface area contributed by atoms with E-state index < -0.39 is 0 Å². The van der Waals surface area contributed by atoms with E-state index >= 15 is 0 Å². The van der Waals surface area contributed by atoms with E-state index in [9.17, 15) is 4.79 Å². The van der Waals surface area contributed by atoms with E-state index in [4.69, 9.17) is 4.74 Å². The van der Waals surface area contributed by atoms with E-state index in [1.54, 1.807) is 0 Å². The van der Waals surface area contributed by atoms with E-state index in [-0.39, 0.29) is 5.91 Å². The topological polar surface area (TPSA) is 41.6 Å². The van der Waals surface area contributed by atoms with E-state index in [1.165, 1.54) is 36.9 Å². The minimum atomic E-state index is 0.0277. The van der Waals surface area contributed by atoms with E-state index in [1.807, 2.05) is 36.4 Å². The van der Waals surface area contributed by atoms with Crippen molar-refractivity contribution in [1.82, 2.24) is 4.90 Å². The minimum Gasteiger partial charge on any atom is -0.494 e. The Hall–Kier alpha value is -2.85. The summed E-state index contributed by atoms with van der Waals surface area (Å²) in [4.78, 5) is 14.8. The molecule has 162 valence electrons. The van der Waals surface area contributed by atoms with Gasteiger partial charge in [0.1, 0.15) is 5.75 Å². The Balaban J connectivity index is 1.17. The van der Waals surface area contributed by atoms with Gasteiger partial charge in [-0.25, -0.2) is 0 Å². The van der Waals surface area contributed by atoms with Crippen LogP contribution in [-0.2, 0) is 11.3 Å². The average Bonchev–Trinajstić information content (AvgIpc) is 2.79. The molecule has 1 amide bonds. The molecule has 1 aliphatic heterocycles. The molecule has 4 rings (SSSR count). The highest BCUT2D eigenvalue weighted by atomic mass is 16.5. The number of rotatable bonds is 8. The molecule has 1 saturated heterocycles. The van der Waals surface area contributed by atoms with Crippen molar-refractivity contribution in [2.24, 2.45) is 5.92 Å². The standard InChI is InChI=1S/C27H32N2O2/c1-21-14-16-29(17-15-21)20-22-8-11-25(12-9-22)28-27(30)7-4-18-31-26-13-10-23-5-2-3-6-24(23)19-26/h2-3,5-6,8-13,19,21H,4,7,14-18,20H2,1H3,(H,28,30). The lowest BCUT2D eigenvalue weighted by atomic mass is 9.99. The second kappa shape index (κ2) is 10.5. The summed E-state index contributed by atoms with van der Waals surface area (Å²) in [5.74, 6) is 1.73. The molecule has 4 heteroatoms. The van der Waals surface area contributed by atoms with Crippen molar-refractivity contribution < 1.29 is 9.53 Å². The molecule has 1 heterocycles. The number of likely N-dealkylation sites (tertiary alicyclic amines) is 1. The summed E-state index contributed by atoms with van der Waals surface area (Å²) in [7, 11) is 0. The van der Waals surface area contributed by atoms with E-state index in [2.05, 4.69) is 47.5 Å². The molecule has 0 saturated carbocycles. The number of fused-ring (bicyclic) bond motifs is 1. The lowest BCUT2D eigenvalue weighted by Crippen LogP contribution is -2.32. The van der Waals surface area contributed by atoms with Crippen LogP contribution in [-0.4, -0.2) is 30.5 Å². The summed E-state index contributed by atoms with van der Waals surface area (Å²) in [6.45, 7) is 6.22. The Bertz CT molecular complexity index is 992. The third-order valence-electron chi connectivity index (χ3n) is 6.06. The number of hydrogen-bond acceptors (Lipinski definition) is 3. The minimum absolute atomic E-state index is 0.0277. The molecule has 1 fully saturated rings. The number of carbonyl (C=O) groups is 1. The predicted molar refractivity (Wildman–Crippen MR) is 127 cm³/mol. The zero-order valence-electron chi connectivity index (χ0n) is 18.3. The van der Waals surface area contributed by atoms with Crippen LogP contribution in [0.5, 0.6) is 5.75 Å². The molecule has 0 aromatic heterocycles. The maximum Gasteiger partial charge on any atom is 0.224 e. The average molecular weight is 417 g/mol. The van der Waals surface area contributed by atoms with Gasteiger partial charge >= 0.3 is 0 Å². The van der Waals surface area contributed by atoms with Crippen molar-refractivity contribution in [3.05, 3.63) is 72.3 Å². The summed E-state index contributed by atoms with van der Waals surface area (Å²) < 4.78 is 5.82. The highest BCUT2D eigenvalue weighted by Gasteiger charge is 2.15. The Labute approximate surface area is 185 Å². The molecule has 0 radical (unpaired) electrons. The smallest absolute Gasteiger partial charge is 0.224 e. The number of hydrogen-bond donors (Lipinski definition) is 1. The second-order valence-corrected chi connectivity index (χ2v) is 8.66. The van der Waals surface area contributed by atoms with Gasteiger partial charge in [-0.2, -0.15) is 0 Å². The monoisotopic (exact) mass is 416 g/mol. The van der Waals surface area contributed by atoms with Gasteiger partial charge in [-0.05, 0) is 78.9 Å². The van der Waals surface area contributed by atoms with Crippen molar-refractivity contribution in [3.63, 3.8) is 0 Å². The SMILES string of the molecule is CC1CCN(Cc2ccc(NC(=O)CCCOc3ccc4ccccc4c3)cc2)CC1. The fourth-order valence-corrected chi connectivity index (χ4v) is 4.08. The van der Waals surface area contributed by atoms with Gasteiger partial charge in [0, 0.05) is 18.7 Å². The number of piperidine rings is 1. The zero-order valence-corrected chi connectivity index (χ0v) is 18.3. The Morgan fingerprint density at radius 2 is 1.74 bits per heavy atom. The molecule has 1 N–H and O–H groups in total. The summed E-state index contributed by atoms with van der Waals surface area (Å²) >= 11 is 0. The zero-order chi connectivity index (χ0) is 21.5. The van der Waals surface area contributed by atoms with Crippen LogP contribution in [0.15, 0.2) is 66.7 Å². The largest absolute Gasteiger partial charge is 0.494 e. The van der Waals surface area contributed by atoms with Crippen LogP contribution in [0.1, 0.15) is 38.2 Å². The molecule has 1 aliphatic rings. The molecular formula is C27H32N2O2. The third-order valence-corrected chi connectivity index (χ3v) is 6.06. The number of anilines is 1. The Kier molecular flexibility index (Phi) is 7.21. The van der Waals surface area contributed by atoms with Gasteiger partial charge in [0.15, 0.2) is 0 Å². The lowest BCUT2D eigenvalue weighted by Gasteiger charge is -2.30. The van der Waals surface area contributed by atoms with Gasteiger partial charge in [-0.1, -0.05) is 49.4 Å². The van der Waals surface area contributed by atoms with Crippen molar-refractivity contribution in [2.45, 2.75) is 39.2 Å². The van der Waals surface area contributed by atoms with Crippen LogP contribution in [0, 0.1) is 5.92 Å². The van der Waals surface area contributed by atoms with Crippen LogP contribution in [0.25, 0.3) is 10.8 Å². The first-order valence-electron chi connectivity index (χ1n) is 11.4. The number of benzene rings is 3. The molecule has 3 aromatic carbocycles. The van der Waals surface area contributed by atoms with E-state index in [0.29, 0.717) is 19.4 Å². The highest BCUT2D eigenvalue weighted by molar-refractivity contribution is 5.90. The molecule has 0 bridgehead atoms. The van der Waals surface area contributed by atoms with Gasteiger partial charge in [0.05, 0.1) is 6.61 Å². The predicted octanol–water partition coefficient (Wildman–Crippen LogP) is 5.87. The highest BCUT2D eigenvalue weighted by Crippen LogP contribution is 2.21. The van der Waals surface area contributed by atoms with Gasteiger partial charge in [-0.3, -0.25) is 9.69 Å². The molecule has 4 nitrogen and oxygen atoms in total. The molecule has 0 aliphatic carbocycles. The molecule has 31 heavy (non-hydrogen) atoms. The Morgan fingerprint density at radius 3 is 2.52 bits per heavy atom. The van der Waals surface area contributed by atoms with E-state index in [0.717, 1.165) is 29.3 Å². The number of nitrogens with zero attached hydrogens (tertiary/aromatic N) is 1. The first-order chi connectivity index (χ1) is 15.2. The molecule has 3 aromatic rings.